The minimum absolute atomic E-state index is 0.233. The molecule has 0 aliphatic carbocycles. The SMILES string of the molecule is CCCCC/C=C/CC/C=C/CC/C=C/C(O)C(COC1OC(CO)C(OC2OC(CO)C(OC3OC(CO)C(O)C(O)C3O)C(O)C2O)C(O)C1O)NC(=O)CCCCCCCCCCCC. The fraction of sp³-hybridized carbons (Fsp3) is 0.857. The molecular weight excluding hydrogens is 891 g/mol. The molecule has 0 saturated carbocycles. The van der Waals surface area contributed by atoms with Crippen LogP contribution in [0.5, 0.6) is 0 Å². The maximum absolute atomic E-state index is 13.2. The van der Waals surface area contributed by atoms with Gasteiger partial charge in [-0.25, -0.2) is 0 Å². The van der Waals surface area contributed by atoms with Crippen LogP contribution in [0.4, 0.5) is 0 Å². The number of carbonyl (C=O) groups is 1. The Kier molecular flexibility index (Phi) is 30.5. The number of ether oxygens (including phenoxy) is 6. The molecule has 0 spiro atoms. The first kappa shape index (κ1) is 60.3. The molecule has 19 heteroatoms. The Hall–Kier alpha value is -1.99. The van der Waals surface area contributed by atoms with Crippen LogP contribution in [0.25, 0.3) is 0 Å². The van der Waals surface area contributed by atoms with Crippen molar-refractivity contribution in [3.63, 3.8) is 0 Å². The molecule has 3 heterocycles. The number of hydrogen-bond acceptors (Lipinski definition) is 18. The van der Waals surface area contributed by atoms with Crippen LogP contribution in [0.1, 0.15) is 136 Å². The Labute approximate surface area is 402 Å². The summed E-state index contributed by atoms with van der Waals surface area (Å²) in [6, 6.07) is -0.989. The number of aliphatic hydroxyl groups excluding tert-OH is 11. The van der Waals surface area contributed by atoms with Gasteiger partial charge in [-0.1, -0.05) is 121 Å². The fourth-order valence-corrected chi connectivity index (χ4v) is 8.40. The van der Waals surface area contributed by atoms with E-state index < -0.39 is 124 Å². The zero-order valence-electron chi connectivity index (χ0n) is 40.3. The van der Waals surface area contributed by atoms with Crippen molar-refractivity contribution in [1.82, 2.24) is 5.32 Å². The molecular formula is C49H87NO18. The van der Waals surface area contributed by atoms with Crippen molar-refractivity contribution in [3.05, 3.63) is 36.5 Å². The normalized spacial score (nSPS) is 33.5. The van der Waals surface area contributed by atoms with E-state index in [0.29, 0.717) is 12.8 Å². The predicted molar refractivity (Wildman–Crippen MR) is 249 cm³/mol. The van der Waals surface area contributed by atoms with Gasteiger partial charge in [-0.15, -0.1) is 0 Å². The van der Waals surface area contributed by atoms with Gasteiger partial charge in [0.2, 0.25) is 5.91 Å². The maximum Gasteiger partial charge on any atom is 0.220 e. The molecule has 0 aromatic rings. The Morgan fingerprint density at radius 2 is 0.941 bits per heavy atom. The van der Waals surface area contributed by atoms with Gasteiger partial charge >= 0.3 is 0 Å². The number of nitrogens with one attached hydrogen (secondary N) is 1. The first-order valence-electron chi connectivity index (χ1n) is 25.2. The van der Waals surface area contributed by atoms with Gasteiger partial charge in [0.25, 0.3) is 0 Å². The molecule has 17 unspecified atom stereocenters. The molecule has 17 atom stereocenters. The lowest BCUT2D eigenvalue weighted by Gasteiger charge is -2.48. The van der Waals surface area contributed by atoms with Gasteiger partial charge < -0.3 is 89.9 Å². The van der Waals surface area contributed by atoms with Gasteiger partial charge in [0.05, 0.1) is 38.6 Å². The van der Waals surface area contributed by atoms with E-state index >= 15 is 0 Å². The quantitative estimate of drug-likeness (QED) is 0.0321. The highest BCUT2D eigenvalue weighted by atomic mass is 16.8. The molecule has 68 heavy (non-hydrogen) atoms. The van der Waals surface area contributed by atoms with Crippen LogP contribution in [0, 0.1) is 0 Å². The second kappa shape index (κ2) is 34.4. The molecule has 3 aliphatic rings. The second-order valence-corrected chi connectivity index (χ2v) is 18.3. The highest BCUT2D eigenvalue weighted by molar-refractivity contribution is 5.76. The number of unbranched alkanes of at least 4 members (excludes halogenated alkanes) is 14. The zero-order valence-corrected chi connectivity index (χ0v) is 40.3. The molecule has 1 amide bonds. The van der Waals surface area contributed by atoms with Gasteiger partial charge in [-0.3, -0.25) is 4.79 Å². The zero-order chi connectivity index (χ0) is 49.8. The summed E-state index contributed by atoms with van der Waals surface area (Å²) >= 11 is 0. The summed E-state index contributed by atoms with van der Waals surface area (Å²) in [6.45, 7) is 1.59. The van der Waals surface area contributed by atoms with Crippen LogP contribution in [0.15, 0.2) is 36.5 Å². The molecule has 3 fully saturated rings. The van der Waals surface area contributed by atoms with E-state index in [1.165, 1.54) is 57.8 Å². The van der Waals surface area contributed by atoms with Crippen LogP contribution in [-0.4, -0.2) is 193 Å². The highest BCUT2D eigenvalue weighted by Gasteiger charge is 2.53. The van der Waals surface area contributed by atoms with Crippen molar-refractivity contribution in [2.45, 2.75) is 240 Å². The minimum atomic E-state index is -1.98. The van der Waals surface area contributed by atoms with E-state index in [-0.39, 0.29) is 18.9 Å². The van der Waals surface area contributed by atoms with Gasteiger partial charge in [0, 0.05) is 6.42 Å². The Bertz CT molecular complexity index is 1400. The third-order valence-electron chi connectivity index (χ3n) is 12.7. The third kappa shape index (κ3) is 20.3. The summed E-state index contributed by atoms with van der Waals surface area (Å²) in [5, 5.41) is 119. The molecule has 0 aromatic carbocycles. The average molecular weight is 978 g/mol. The molecule has 0 bridgehead atoms. The molecule has 12 N–H and O–H groups in total. The monoisotopic (exact) mass is 978 g/mol. The van der Waals surface area contributed by atoms with E-state index in [2.05, 4.69) is 43.5 Å². The summed E-state index contributed by atoms with van der Waals surface area (Å²) in [4.78, 5) is 13.2. The van der Waals surface area contributed by atoms with Gasteiger partial charge in [-0.2, -0.15) is 0 Å². The number of allylic oxidation sites excluding steroid dienone is 5. The lowest BCUT2D eigenvalue weighted by atomic mass is 9.96. The van der Waals surface area contributed by atoms with Crippen LogP contribution < -0.4 is 5.32 Å². The molecule has 0 aromatic heterocycles. The molecule has 0 radical (unpaired) electrons. The van der Waals surface area contributed by atoms with Crippen molar-refractivity contribution < 1.29 is 89.4 Å². The number of amides is 1. The van der Waals surface area contributed by atoms with Crippen molar-refractivity contribution >= 4 is 5.91 Å². The van der Waals surface area contributed by atoms with E-state index in [0.717, 1.165) is 44.9 Å². The molecule has 3 rings (SSSR count). The standard InChI is InChI=1S/C49H87NO18/c1-3-5-7-9-11-13-15-16-17-18-20-22-24-26-33(54)32(50-37(55)27-25-23-21-19-14-12-10-8-6-4-2)31-63-47-43(61)40(58)45(35(29-52)65-47)68-49-44(62)41(59)46(36(30-53)66-49)67-48-42(60)39(57)38(56)34(28-51)64-48/h11,13,17-18,24,26,32-36,38-49,51-54,56-62H,3-10,12,14-16,19-23,25,27-31H2,1-2H3,(H,50,55)/b13-11+,18-17+,26-24+. The van der Waals surface area contributed by atoms with Crippen molar-refractivity contribution in [2.75, 3.05) is 26.4 Å². The van der Waals surface area contributed by atoms with Gasteiger partial charge in [-0.05, 0) is 44.9 Å². The molecule has 396 valence electrons. The van der Waals surface area contributed by atoms with Crippen LogP contribution in [0.2, 0.25) is 0 Å². The maximum atomic E-state index is 13.2. The van der Waals surface area contributed by atoms with E-state index in [4.69, 9.17) is 28.4 Å². The Morgan fingerprint density at radius 3 is 1.47 bits per heavy atom. The lowest BCUT2D eigenvalue weighted by Crippen LogP contribution is -2.66. The third-order valence-corrected chi connectivity index (χ3v) is 12.7. The first-order valence-corrected chi connectivity index (χ1v) is 25.2. The predicted octanol–water partition coefficient (Wildman–Crippen LogP) is 1.42. The number of carbonyl (C=O) groups excluding carboxylic acids is 1. The second-order valence-electron chi connectivity index (χ2n) is 18.3. The van der Waals surface area contributed by atoms with Crippen LogP contribution >= 0.6 is 0 Å². The Balaban J connectivity index is 1.59. The number of aliphatic hydroxyl groups is 11. The summed E-state index contributed by atoms with van der Waals surface area (Å²) in [7, 11) is 0. The van der Waals surface area contributed by atoms with E-state index in [1.807, 2.05) is 6.08 Å². The highest BCUT2D eigenvalue weighted by Crippen LogP contribution is 2.33. The van der Waals surface area contributed by atoms with E-state index in [9.17, 15) is 61.0 Å². The van der Waals surface area contributed by atoms with Crippen molar-refractivity contribution in [2.24, 2.45) is 0 Å². The van der Waals surface area contributed by atoms with Gasteiger partial charge in [0.1, 0.15) is 73.2 Å². The summed E-state index contributed by atoms with van der Waals surface area (Å²) in [5.74, 6) is -0.296. The molecule has 19 nitrogen and oxygen atoms in total. The summed E-state index contributed by atoms with van der Waals surface area (Å²) < 4.78 is 34.0. The smallest absolute Gasteiger partial charge is 0.220 e. The minimum Gasteiger partial charge on any atom is -0.394 e. The van der Waals surface area contributed by atoms with Crippen molar-refractivity contribution in [3.8, 4) is 0 Å². The van der Waals surface area contributed by atoms with Crippen LogP contribution in [-0.2, 0) is 33.2 Å². The average Bonchev–Trinajstić information content (AvgIpc) is 3.33. The van der Waals surface area contributed by atoms with E-state index in [1.54, 1.807) is 6.08 Å². The van der Waals surface area contributed by atoms with Gasteiger partial charge in [0.15, 0.2) is 18.9 Å². The summed E-state index contributed by atoms with van der Waals surface area (Å²) in [5.41, 5.74) is 0. The van der Waals surface area contributed by atoms with Crippen LogP contribution in [0.3, 0.4) is 0 Å². The number of rotatable bonds is 34. The van der Waals surface area contributed by atoms with Crippen molar-refractivity contribution in [1.29, 1.82) is 0 Å². The fourth-order valence-electron chi connectivity index (χ4n) is 8.40. The molecule has 3 saturated heterocycles. The topological polar surface area (TPSA) is 307 Å². The molecule has 3 aliphatic heterocycles. The number of hydrogen-bond donors (Lipinski definition) is 12. The summed E-state index contributed by atoms with van der Waals surface area (Å²) in [6.07, 6.45) is 4.50. The largest absolute Gasteiger partial charge is 0.394 e. The lowest BCUT2D eigenvalue weighted by molar-refractivity contribution is -0.379. The Morgan fingerprint density at radius 1 is 0.515 bits per heavy atom. The first-order chi connectivity index (χ1) is 32.8.